The van der Waals surface area contributed by atoms with Gasteiger partial charge in [-0.15, -0.1) is 23.2 Å². The van der Waals surface area contributed by atoms with E-state index in [4.69, 9.17) is 28.3 Å². The van der Waals surface area contributed by atoms with Crippen molar-refractivity contribution in [1.82, 2.24) is 0 Å². The van der Waals surface area contributed by atoms with E-state index in [9.17, 15) is 14.7 Å². The Balaban J connectivity index is 3.17. The molecule has 0 aliphatic carbocycles. The largest absolute Gasteiger partial charge is 0.479 e. The highest BCUT2D eigenvalue weighted by atomic mass is 35.5. The number of aliphatic hydroxyl groups is 1. The highest BCUT2D eigenvalue weighted by Gasteiger charge is 2.21. The van der Waals surface area contributed by atoms with Crippen molar-refractivity contribution in [3.63, 3.8) is 0 Å². The fourth-order valence-electron chi connectivity index (χ4n) is 1.63. The predicted octanol–water partition coefficient (Wildman–Crippen LogP) is 1.89. The number of aliphatic hydroxyl groups excluding tert-OH is 1. The summed E-state index contributed by atoms with van der Waals surface area (Å²) in [6.07, 6.45) is -1.57. The molecule has 0 saturated carbocycles. The lowest BCUT2D eigenvalue weighted by atomic mass is 9.95. The van der Waals surface area contributed by atoms with E-state index in [1.54, 1.807) is 12.1 Å². The summed E-state index contributed by atoms with van der Waals surface area (Å²) in [6, 6.07) is 4.72. The molecule has 0 heterocycles. The average molecular weight is 291 g/mol. The number of ketones is 1. The second-order valence-electron chi connectivity index (χ2n) is 3.71. The Morgan fingerprint density at radius 1 is 1.28 bits per heavy atom. The van der Waals surface area contributed by atoms with Gasteiger partial charge in [-0.1, -0.05) is 18.2 Å². The molecule has 2 N–H and O–H groups in total. The Morgan fingerprint density at radius 3 is 2.44 bits per heavy atom. The molecule has 0 aliphatic rings. The van der Waals surface area contributed by atoms with Crippen LogP contribution in [0.2, 0.25) is 0 Å². The van der Waals surface area contributed by atoms with E-state index in [0.717, 1.165) is 0 Å². The smallest absolute Gasteiger partial charge is 0.337 e. The average Bonchev–Trinajstić information content (AvgIpc) is 2.37. The first kappa shape index (κ1) is 15.0. The van der Waals surface area contributed by atoms with Crippen molar-refractivity contribution in [3.05, 3.63) is 34.9 Å². The Labute approximate surface area is 114 Å². The van der Waals surface area contributed by atoms with Crippen molar-refractivity contribution in [2.45, 2.75) is 18.4 Å². The number of hydrogen-bond acceptors (Lipinski definition) is 3. The summed E-state index contributed by atoms with van der Waals surface area (Å²) in [7, 11) is 0. The molecular formula is C12H12Cl2O4. The third-order valence-corrected chi connectivity index (χ3v) is 3.07. The van der Waals surface area contributed by atoms with Crippen LogP contribution >= 0.6 is 23.2 Å². The molecule has 0 saturated heterocycles. The Bertz CT molecular complexity index is 459. The van der Waals surface area contributed by atoms with Crippen molar-refractivity contribution >= 4 is 35.0 Å². The number of carboxylic acid groups (broad SMARTS) is 1. The molecule has 1 rings (SSSR count). The number of halogens is 2. The molecule has 0 spiro atoms. The minimum absolute atomic E-state index is 0.0193. The summed E-state index contributed by atoms with van der Waals surface area (Å²) in [5.41, 5.74) is 1.26. The summed E-state index contributed by atoms with van der Waals surface area (Å²) in [6.45, 7) is 0. The number of rotatable bonds is 6. The molecule has 0 bridgehead atoms. The molecule has 0 aliphatic heterocycles. The molecule has 98 valence electrons. The topological polar surface area (TPSA) is 74.6 Å². The van der Waals surface area contributed by atoms with E-state index in [-0.39, 0.29) is 29.5 Å². The maximum Gasteiger partial charge on any atom is 0.337 e. The zero-order valence-corrected chi connectivity index (χ0v) is 10.9. The molecule has 18 heavy (non-hydrogen) atoms. The van der Waals surface area contributed by atoms with Crippen molar-refractivity contribution < 1.29 is 19.8 Å². The lowest BCUT2D eigenvalue weighted by Crippen LogP contribution is -2.15. The SMILES string of the molecule is O=C(CCl)Cc1cccc(C(O)C(=O)O)c1CCl. The van der Waals surface area contributed by atoms with Gasteiger partial charge in [-0.2, -0.15) is 0 Å². The van der Waals surface area contributed by atoms with Crippen molar-refractivity contribution in [2.75, 3.05) is 5.88 Å². The van der Waals surface area contributed by atoms with Crippen LogP contribution in [0, 0.1) is 0 Å². The quantitative estimate of drug-likeness (QED) is 0.785. The number of aliphatic carboxylic acids is 1. The van der Waals surface area contributed by atoms with Crippen LogP contribution in [-0.4, -0.2) is 27.8 Å². The first-order valence-corrected chi connectivity index (χ1v) is 6.23. The number of carbonyl (C=O) groups is 2. The molecule has 1 atom stereocenters. The highest BCUT2D eigenvalue weighted by Crippen LogP contribution is 2.24. The minimum atomic E-state index is -1.65. The van der Waals surface area contributed by atoms with Crippen LogP contribution in [0.25, 0.3) is 0 Å². The van der Waals surface area contributed by atoms with Crippen molar-refractivity contribution in [2.24, 2.45) is 0 Å². The monoisotopic (exact) mass is 290 g/mol. The summed E-state index contributed by atoms with van der Waals surface area (Å²) < 4.78 is 0. The number of carboxylic acids is 1. The van der Waals surface area contributed by atoms with Gasteiger partial charge < -0.3 is 10.2 Å². The van der Waals surface area contributed by atoms with Crippen molar-refractivity contribution in [3.8, 4) is 0 Å². The second kappa shape index (κ2) is 6.73. The molecular weight excluding hydrogens is 279 g/mol. The van der Waals surface area contributed by atoms with Gasteiger partial charge in [-0.3, -0.25) is 4.79 Å². The van der Waals surface area contributed by atoms with Crippen LogP contribution in [0.3, 0.4) is 0 Å². The van der Waals surface area contributed by atoms with Crippen LogP contribution in [0.5, 0.6) is 0 Å². The van der Waals surface area contributed by atoms with E-state index in [1.165, 1.54) is 6.07 Å². The minimum Gasteiger partial charge on any atom is -0.479 e. The molecule has 1 aromatic carbocycles. The number of hydrogen-bond donors (Lipinski definition) is 2. The summed E-state index contributed by atoms with van der Waals surface area (Å²) in [4.78, 5) is 22.1. The van der Waals surface area contributed by atoms with Gasteiger partial charge in [0.2, 0.25) is 0 Å². The lowest BCUT2D eigenvalue weighted by molar-refractivity contribution is -0.147. The molecule has 0 amide bonds. The summed E-state index contributed by atoms with van der Waals surface area (Å²) >= 11 is 11.2. The summed E-state index contributed by atoms with van der Waals surface area (Å²) in [5.74, 6) is -1.65. The van der Waals surface area contributed by atoms with Gasteiger partial charge in [0.05, 0.1) is 5.88 Å². The van der Waals surface area contributed by atoms with Crippen LogP contribution in [-0.2, 0) is 21.9 Å². The molecule has 0 aromatic heterocycles. The van der Waals surface area contributed by atoms with Gasteiger partial charge >= 0.3 is 5.97 Å². The maximum absolute atomic E-state index is 11.3. The number of alkyl halides is 2. The standard InChI is InChI=1S/C12H12Cl2O4/c13-5-8(15)4-7-2-1-3-9(10(7)6-14)11(16)12(17)18/h1-3,11,16H,4-6H2,(H,17,18). The normalized spacial score (nSPS) is 12.2. The molecule has 1 unspecified atom stereocenters. The number of Topliss-reactive ketones (excluding diaryl/α,β-unsaturated/α-hetero) is 1. The van der Waals surface area contributed by atoms with E-state index in [1.807, 2.05) is 0 Å². The zero-order valence-electron chi connectivity index (χ0n) is 9.40. The van der Waals surface area contributed by atoms with E-state index >= 15 is 0 Å². The Kier molecular flexibility index (Phi) is 5.59. The highest BCUT2D eigenvalue weighted by molar-refractivity contribution is 6.27. The van der Waals surface area contributed by atoms with Crippen molar-refractivity contribution in [1.29, 1.82) is 0 Å². The van der Waals surface area contributed by atoms with Crippen LogP contribution in [0.15, 0.2) is 18.2 Å². The molecule has 0 radical (unpaired) electrons. The van der Waals surface area contributed by atoms with Gasteiger partial charge in [-0.25, -0.2) is 4.79 Å². The van der Waals surface area contributed by atoms with E-state index in [2.05, 4.69) is 0 Å². The third-order valence-electron chi connectivity index (χ3n) is 2.51. The fourth-order valence-corrected chi connectivity index (χ4v) is 2.05. The van der Waals surface area contributed by atoms with Gasteiger partial charge in [0.15, 0.2) is 11.9 Å². The first-order chi connectivity index (χ1) is 8.51. The molecule has 1 aromatic rings. The van der Waals surface area contributed by atoms with Gasteiger partial charge in [-0.05, 0) is 16.7 Å². The second-order valence-corrected chi connectivity index (χ2v) is 4.24. The van der Waals surface area contributed by atoms with E-state index < -0.39 is 12.1 Å². The van der Waals surface area contributed by atoms with Gasteiger partial charge in [0.1, 0.15) is 0 Å². The zero-order chi connectivity index (χ0) is 13.7. The third kappa shape index (κ3) is 3.45. The first-order valence-electron chi connectivity index (χ1n) is 5.16. The van der Waals surface area contributed by atoms with Crippen LogP contribution in [0.1, 0.15) is 22.8 Å². The molecule has 6 heteroatoms. The van der Waals surface area contributed by atoms with Crippen LogP contribution in [0.4, 0.5) is 0 Å². The molecule has 0 fully saturated rings. The van der Waals surface area contributed by atoms with Gasteiger partial charge in [0.25, 0.3) is 0 Å². The van der Waals surface area contributed by atoms with E-state index in [0.29, 0.717) is 11.1 Å². The lowest BCUT2D eigenvalue weighted by Gasteiger charge is -2.14. The summed E-state index contributed by atoms with van der Waals surface area (Å²) in [5, 5.41) is 18.3. The Hall–Kier alpha value is -1.10. The van der Waals surface area contributed by atoms with Crippen LogP contribution < -0.4 is 0 Å². The Morgan fingerprint density at radius 2 is 1.94 bits per heavy atom. The van der Waals surface area contributed by atoms with Gasteiger partial charge in [0, 0.05) is 12.3 Å². The number of benzene rings is 1. The fraction of sp³-hybridized carbons (Fsp3) is 0.333. The predicted molar refractivity (Wildman–Crippen MR) is 68.0 cm³/mol. The molecule has 4 nitrogen and oxygen atoms in total. The maximum atomic E-state index is 11.3. The number of carbonyl (C=O) groups excluding carboxylic acids is 1.